The normalized spacial score (nSPS) is 11.3. The van der Waals surface area contributed by atoms with Crippen molar-refractivity contribution in [3.8, 4) is 0 Å². The van der Waals surface area contributed by atoms with Gasteiger partial charge in [0.15, 0.2) is 0 Å². The van der Waals surface area contributed by atoms with Crippen molar-refractivity contribution in [3.05, 3.63) is 65.6 Å². The number of hydrogen-bond donors (Lipinski definition) is 1. The topological polar surface area (TPSA) is 34.4 Å². The molecule has 0 spiro atoms. The van der Waals surface area contributed by atoms with E-state index in [9.17, 15) is 0 Å². The monoisotopic (exact) mass is 285 g/mol. The summed E-state index contributed by atoms with van der Waals surface area (Å²) in [6.07, 6.45) is 7.01. The van der Waals surface area contributed by atoms with Crippen LogP contribution in [0, 0.1) is 0 Å². The van der Waals surface area contributed by atoms with Crippen molar-refractivity contribution in [1.29, 1.82) is 0 Å². The summed E-state index contributed by atoms with van der Waals surface area (Å²) in [7, 11) is 0. The van der Waals surface area contributed by atoms with Crippen molar-refractivity contribution < 1.29 is 9.15 Å². The van der Waals surface area contributed by atoms with Gasteiger partial charge in [-0.1, -0.05) is 49.4 Å². The van der Waals surface area contributed by atoms with Gasteiger partial charge in [0, 0.05) is 12.1 Å². The zero-order chi connectivity index (χ0) is 14.8. The maximum absolute atomic E-state index is 5.58. The van der Waals surface area contributed by atoms with Gasteiger partial charge in [-0.25, -0.2) is 0 Å². The highest BCUT2D eigenvalue weighted by Crippen LogP contribution is 2.09. The molecule has 3 nitrogen and oxygen atoms in total. The molecule has 0 saturated heterocycles. The predicted molar refractivity (Wildman–Crippen MR) is 85.8 cm³/mol. The van der Waals surface area contributed by atoms with E-state index in [1.54, 1.807) is 6.26 Å². The van der Waals surface area contributed by atoms with Gasteiger partial charge >= 0.3 is 0 Å². The molecule has 0 aliphatic rings. The lowest BCUT2D eigenvalue weighted by atomic mass is 10.2. The van der Waals surface area contributed by atoms with Gasteiger partial charge in [0.25, 0.3) is 0 Å². The number of nitrogens with one attached hydrogen (secondary N) is 1. The average Bonchev–Trinajstić information content (AvgIpc) is 2.96. The Morgan fingerprint density at radius 3 is 2.90 bits per heavy atom. The fourth-order valence-electron chi connectivity index (χ4n) is 1.98. The van der Waals surface area contributed by atoms with Crippen LogP contribution in [0.2, 0.25) is 0 Å². The minimum absolute atomic E-state index is 0.507. The van der Waals surface area contributed by atoms with Gasteiger partial charge in [-0.2, -0.15) is 0 Å². The van der Waals surface area contributed by atoms with Crippen LogP contribution in [0.1, 0.15) is 30.2 Å². The summed E-state index contributed by atoms with van der Waals surface area (Å²) in [4.78, 5) is 0. The summed E-state index contributed by atoms with van der Waals surface area (Å²) in [5, 5.41) is 3.35. The second-order valence-electron chi connectivity index (χ2n) is 4.93. The van der Waals surface area contributed by atoms with E-state index in [2.05, 4.69) is 30.4 Å². The molecule has 1 heterocycles. The minimum atomic E-state index is 0.507. The van der Waals surface area contributed by atoms with Crippen molar-refractivity contribution in [2.75, 3.05) is 13.2 Å². The smallest absolute Gasteiger partial charge is 0.129 e. The van der Waals surface area contributed by atoms with Crippen molar-refractivity contribution in [2.24, 2.45) is 0 Å². The molecule has 1 aromatic heterocycles. The Morgan fingerprint density at radius 2 is 2.10 bits per heavy atom. The molecule has 112 valence electrons. The van der Waals surface area contributed by atoms with E-state index >= 15 is 0 Å². The molecule has 2 aromatic rings. The number of ether oxygens (including phenoxy) is 1. The first-order chi connectivity index (χ1) is 10.4. The van der Waals surface area contributed by atoms with Crippen LogP contribution in [0.5, 0.6) is 0 Å². The van der Waals surface area contributed by atoms with Crippen LogP contribution in [0.15, 0.2) is 53.2 Å². The highest BCUT2D eigenvalue weighted by molar-refractivity contribution is 5.48. The van der Waals surface area contributed by atoms with Crippen molar-refractivity contribution in [2.45, 2.75) is 26.5 Å². The van der Waals surface area contributed by atoms with Crippen LogP contribution < -0.4 is 5.32 Å². The van der Waals surface area contributed by atoms with Crippen molar-refractivity contribution >= 4 is 6.08 Å². The van der Waals surface area contributed by atoms with Crippen LogP contribution in [-0.4, -0.2) is 13.2 Å². The van der Waals surface area contributed by atoms with Gasteiger partial charge in [0.05, 0.1) is 12.9 Å². The zero-order valence-corrected chi connectivity index (χ0v) is 12.5. The number of furan rings is 1. The van der Waals surface area contributed by atoms with E-state index in [0.717, 1.165) is 25.3 Å². The van der Waals surface area contributed by atoms with E-state index in [-0.39, 0.29) is 0 Å². The molecular weight excluding hydrogens is 262 g/mol. The maximum atomic E-state index is 5.58. The third-order valence-corrected chi connectivity index (χ3v) is 3.03. The third kappa shape index (κ3) is 5.98. The molecule has 0 aliphatic heterocycles. The van der Waals surface area contributed by atoms with Crippen molar-refractivity contribution in [3.63, 3.8) is 0 Å². The van der Waals surface area contributed by atoms with Gasteiger partial charge in [-0.15, -0.1) is 0 Å². The van der Waals surface area contributed by atoms with Crippen LogP contribution in [0.4, 0.5) is 0 Å². The first-order valence-corrected chi connectivity index (χ1v) is 7.45. The second-order valence-corrected chi connectivity index (χ2v) is 4.93. The molecular formula is C18H23NO2. The number of hydrogen-bond acceptors (Lipinski definition) is 3. The lowest BCUT2D eigenvalue weighted by molar-refractivity contribution is 0.132. The van der Waals surface area contributed by atoms with Gasteiger partial charge in [-0.05, 0) is 24.6 Å². The highest BCUT2D eigenvalue weighted by atomic mass is 16.5. The molecule has 0 aliphatic carbocycles. The largest absolute Gasteiger partial charge is 0.467 e. The van der Waals surface area contributed by atoms with Gasteiger partial charge in [0.1, 0.15) is 12.4 Å². The quantitative estimate of drug-likeness (QED) is 0.707. The Morgan fingerprint density at radius 1 is 1.24 bits per heavy atom. The lowest BCUT2D eigenvalue weighted by Gasteiger charge is -1.98. The zero-order valence-electron chi connectivity index (χ0n) is 12.5. The molecule has 2 rings (SSSR count). The van der Waals surface area contributed by atoms with Gasteiger partial charge in [0.2, 0.25) is 0 Å². The fourth-order valence-corrected chi connectivity index (χ4v) is 1.98. The lowest BCUT2D eigenvalue weighted by Crippen LogP contribution is -2.13. The van der Waals surface area contributed by atoms with Crippen LogP contribution in [0.25, 0.3) is 6.08 Å². The Bertz CT molecular complexity index is 531. The first kappa shape index (κ1) is 15.5. The second kappa shape index (κ2) is 9.16. The number of rotatable bonds is 9. The van der Waals surface area contributed by atoms with Crippen LogP contribution in [0.3, 0.4) is 0 Å². The van der Waals surface area contributed by atoms with E-state index in [1.807, 2.05) is 30.3 Å². The van der Waals surface area contributed by atoms with Crippen molar-refractivity contribution in [1.82, 2.24) is 5.32 Å². The molecule has 0 fully saturated rings. The fraction of sp³-hybridized carbons (Fsp3) is 0.333. The van der Waals surface area contributed by atoms with E-state index < -0.39 is 0 Å². The molecule has 1 N–H and O–H groups in total. The Balaban J connectivity index is 1.65. The predicted octanol–water partition coefficient (Wildman–Crippen LogP) is 4.01. The summed E-state index contributed by atoms with van der Waals surface area (Å²) in [5.41, 5.74) is 2.35. The number of benzene rings is 1. The molecule has 3 heteroatoms. The Labute approximate surface area is 126 Å². The summed E-state index contributed by atoms with van der Waals surface area (Å²) < 4.78 is 11.1. The molecule has 0 bridgehead atoms. The summed E-state index contributed by atoms with van der Waals surface area (Å²) >= 11 is 0. The minimum Gasteiger partial charge on any atom is -0.467 e. The highest BCUT2D eigenvalue weighted by Gasteiger charge is 2.01. The van der Waals surface area contributed by atoms with Crippen LogP contribution in [-0.2, 0) is 17.9 Å². The molecule has 0 unspecified atom stereocenters. The summed E-state index contributed by atoms with van der Waals surface area (Å²) in [6.45, 7) is 5.13. The van der Waals surface area contributed by atoms with Crippen LogP contribution >= 0.6 is 0 Å². The molecule has 1 aromatic carbocycles. The Kier molecular flexibility index (Phi) is 6.78. The standard InChI is InChI=1S/C18H23NO2/c1-2-10-19-13-17-12-18(21-14-17)15-20-11-6-9-16-7-4-3-5-8-16/h3-9,12,14,19H,2,10-11,13,15H2,1H3. The molecule has 21 heavy (non-hydrogen) atoms. The van der Waals surface area contributed by atoms with Gasteiger partial charge in [-0.3, -0.25) is 0 Å². The first-order valence-electron chi connectivity index (χ1n) is 7.45. The molecule has 0 atom stereocenters. The molecule has 0 saturated carbocycles. The summed E-state index contributed by atoms with van der Waals surface area (Å²) in [5.74, 6) is 0.872. The van der Waals surface area contributed by atoms with E-state index in [4.69, 9.17) is 9.15 Å². The van der Waals surface area contributed by atoms with E-state index in [0.29, 0.717) is 13.2 Å². The molecule has 0 radical (unpaired) electrons. The van der Waals surface area contributed by atoms with Gasteiger partial charge < -0.3 is 14.5 Å². The SMILES string of the molecule is CCCNCc1coc(COCC=Cc2ccccc2)c1. The molecule has 0 amide bonds. The summed E-state index contributed by atoms with van der Waals surface area (Å²) in [6, 6.07) is 12.2. The van der Waals surface area contributed by atoms with E-state index in [1.165, 1.54) is 11.1 Å². The third-order valence-electron chi connectivity index (χ3n) is 3.03. The average molecular weight is 285 g/mol. The Hall–Kier alpha value is -1.84. The maximum Gasteiger partial charge on any atom is 0.129 e.